The Balaban J connectivity index is 1.32. The average Bonchev–Trinajstić information content (AvgIpc) is 3.58. The summed E-state index contributed by atoms with van der Waals surface area (Å²) < 4.78 is 4.86. The second kappa shape index (κ2) is 11.2. The van der Waals surface area contributed by atoms with E-state index in [4.69, 9.17) is 4.74 Å². The highest BCUT2D eigenvalue weighted by molar-refractivity contribution is 6.37. The zero-order valence-electron chi connectivity index (χ0n) is 23.3. The second-order valence-corrected chi connectivity index (χ2v) is 10.6. The first-order chi connectivity index (χ1) is 19.9. The summed E-state index contributed by atoms with van der Waals surface area (Å²) in [5.41, 5.74) is 7.00. The van der Waals surface area contributed by atoms with Crippen LogP contribution in [0.1, 0.15) is 32.6 Å². The quantitative estimate of drug-likeness (QED) is 0.359. The van der Waals surface area contributed by atoms with E-state index in [2.05, 4.69) is 27.7 Å². The van der Waals surface area contributed by atoms with Crippen molar-refractivity contribution in [2.24, 2.45) is 0 Å². The number of carbonyl (C=O) groups is 3. The van der Waals surface area contributed by atoms with Crippen LogP contribution in [-0.4, -0.2) is 74.5 Å². The maximum absolute atomic E-state index is 13.4. The molecule has 1 fully saturated rings. The van der Waals surface area contributed by atoms with Crippen LogP contribution in [-0.2, 0) is 27.4 Å². The number of rotatable bonds is 6. The van der Waals surface area contributed by atoms with Crippen LogP contribution in [0.15, 0.2) is 66.7 Å². The van der Waals surface area contributed by atoms with Crippen LogP contribution in [0.3, 0.4) is 0 Å². The molecular weight excluding hydrogens is 518 g/mol. The summed E-state index contributed by atoms with van der Waals surface area (Å²) in [6.07, 6.45) is 0. The van der Waals surface area contributed by atoms with Crippen molar-refractivity contribution in [2.75, 3.05) is 57.1 Å². The summed E-state index contributed by atoms with van der Waals surface area (Å²) in [7, 11) is 3.29. The number of nitrogens with one attached hydrogen (secondary N) is 2. The number of hydrogen-bond acceptors (Lipinski definition) is 7. The smallest absolute Gasteiger partial charge is 0.337 e. The fourth-order valence-electron chi connectivity index (χ4n) is 5.81. The van der Waals surface area contributed by atoms with Gasteiger partial charge in [-0.05, 0) is 41.0 Å². The molecule has 9 heteroatoms. The van der Waals surface area contributed by atoms with Gasteiger partial charge >= 0.3 is 5.97 Å². The van der Waals surface area contributed by atoms with Gasteiger partial charge in [0.25, 0.3) is 5.91 Å². The summed E-state index contributed by atoms with van der Waals surface area (Å²) >= 11 is 0. The number of benzene rings is 3. The van der Waals surface area contributed by atoms with Crippen LogP contribution in [0.4, 0.5) is 11.4 Å². The van der Waals surface area contributed by atoms with Gasteiger partial charge in [0.2, 0.25) is 5.91 Å². The summed E-state index contributed by atoms with van der Waals surface area (Å²) in [6, 6.07) is 21.2. The zero-order valence-corrected chi connectivity index (χ0v) is 23.3. The number of amides is 2. The van der Waals surface area contributed by atoms with Gasteiger partial charge in [0, 0.05) is 57.6 Å². The van der Waals surface area contributed by atoms with Crippen molar-refractivity contribution >= 4 is 40.4 Å². The predicted octanol–water partition coefficient (Wildman–Crippen LogP) is 3.18. The van der Waals surface area contributed by atoms with Gasteiger partial charge in [0.1, 0.15) is 0 Å². The van der Waals surface area contributed by atoms with Gasteiger partial charge in [-0.1, -0.05) is 42.5 Å². The highest BCUT2D eigenvalue weighted by Crippen LogP contribution is 2.40. The van der Waals surface area contributed by atoms with Crippen molar-refractivity contribution in [1.29, 1.82) is 0 Å². The Morgan fingerprint density at radius 2 is 1.68 bits per heavy atom. The summed E-state index contributed by atoms with van der Waals surface area (Å²) in [6.45, 7) is 5.22. The summed E-state index contributed by atoms with van der Waals surface area (Å²) in [4.78, 5) is 44.8. The largest absolute Gasteiger partial charge is 0.465 e. The molecule has 3 aliphatic rings. The first kappa shape index (κ1) is 26.7. The maximum atomic E-state index is 13.4. The molecule has 6 rings (SSSR count). The minimum Gasteiger partial charge on any atom is -0.465 e. The Bertz CT molecular complexity index is 1540. The van der Waals surface area contributed by atoms with Gasteiger partial charge in [0.15, 0.2) is 0 Å². The van der Waals surface area contributed by atoms with Crippen LogP contribution in [0, 0.1) is 0 Å². The number of piperazine rings is 1. The Labute approximate surface area is 239 Å². The number of esters is 1. The van der Waals surface area contributed by atoms with Gasteiger partial charge in [-0.2, -0.15) is 0 Å². The molecule has 0 aliphatic carbocycles. The molecule has 3 aromatic rings. The molecular formula is C32H33N5O4. The molecule has 0 saturated carbocycles. The number of fused-ring (bicyclic) bond motifs is 2. The van der Waals surface area contributed by atoms with Crippen molar-refractivity contribution in [3.63, 3.8) is 0 Å². The third kappa shape index (κ3) is 5.21. The average molecular weight is 552 g/mol. The zero-order chi connectivity index (χ0) is 28.5. The van der Waals surface area contributed by atoms with E-state index in [1.54, 1.807) is 18.2 Å². The standard InChI is InChI=1S/C32H33N5O4/c1-35(25-10-8-23-18-37(19-24(23)16-25)28(38)20-36-14-12-33-13-15-36)30(21-6-4-3-5-7-21)29-26-11-9-22(32(40)41-2)17-27(26)34-31(29)39/h3-11,16-17,33H,12-15,18-20H2,1-2H3,(H,34,39)/b30-29-. The second-order valence-electron chi connectivity index (χ2n) is 10.6. The Hall–Kier alpha value is -4.47. The molecule has 0 aromatic heterocycles. The van der Waals surface area contributed by atoms with Crippen molar-refractivity contribution < 1.29 is 19.1 Å². The van der Waals surface area contributed by atoms with Crippen molar-refractivity contribution in [3.8, 4) is 0 Å². The Morgan fingerprint density at radius 3 is 2.44 bits per heavy atom. The van der Waals surface area contributed by atoms with Crippen molar-refractivity contribution in [1.82, 2.24) is 15.1 Å². The number of carbonyl (C=O) groups excluding carboxylic acids is 3. The highest BCUT2D eigenvalue weighted by Gasteiger charge is 2.32. The van der Waals surface area contributed by atoms with Gasteiger partial charge in [-0.3, -0.25) is 14.5 Å². The first-order valence-electron chi connectivity index (χ1n) is 13.8. The predicted molar refractivity (Wildman–Crippen MR) is 158 cm³/mol. The van der Waals surface area contributed by atoms with E-state index in [0.29, 0.717) is 36.5 Å². The molecule has 0 bridgehead atoms. The third-order valence-electron chi connectivity index (χ3n) is 8.03. The fraction of sp³-hybridized carbons (Fsp3) is 0.281. The lowest BCUT2D eigenvalue weighted by atomic mass is 9.98. The van der Waals surface area contributed by atoms with Gasteiger partial charge in [-0.25, -0.2) is 4.79 Å². The molecule has 210 valence electrons. The lowest BCUT2D eigenvalue weighted by Crippen LogP contribution is -2.47. The van der Waals surface area contributed by atoms with Crippen LogP contribution < -0.4 is 15.5 Å². The monoisotopic (exact) mass is 551 g/mol. The molecule has 0 radical (unpaired) electrons. The number of hydrogen-bond donors (Lipinski definition) is 2. The molecule has 2 amide bonds. The topological polar surface area (TPSA) is 94.2 Å². The van der Waals surface area contributed by atoms with Crippen LogP contribution in [0.25, 0.3) is 11.3 Å². The van der Waals surface area contributed by atoms with E-state index in [-0.39, 0.29) is 11.8 Å². The van der Waals surface area contributed by atoms with Crippen LogP contribution in [0.5, 0.6) is 0 Å². The highest BCUT2D eigenvalue weighted by atomic mass is 16.5. The lowest BCUT2D eigenvalue weighted by Gasteiger charge is -2.28. The maximum Gasteiger partial charge on any atom is 0.337 e. The van der Waals surface area contributed by atoms with Crippen LogP contribution in [0.2, 0.25) is 0 Å². The molecule has 1 saturated heterocycles. The van der Waals surface area contributed by atoms with E-state index < -0.39 is 5.97 Å². The molecule has 3 heterocycles. The normalized spacial score (nSPS) is 17.5. The minimum absolute atomic E-state index is 0.149. The van der Waals surface area contributed by atoms with E-state index in [9.17, 15) is 14.4 Å². The van der Waals surface area contributed by atoms with E-state index in [1.165, 1.54) is 7.11 Å². The minimum atomic E-state index is -0.460. The number of ether oxygens (including phenoxy) is 1. The SMILES string of the molecule is COC(=O)c1ccc2c(c1)NC(=O)/C2=C(/c1ccccc1)N(C)c1ccc2c(c1)CN(C(=O)CN1CCNCC1)C2. The first-order valence-corrected chi connectivity index (χ1v) is 13.8. The van der Waals surface area contributed by atoms with E-state index in [1.807, 2.05) is 53.2 Å². The molecule has 41 heavy (non-hydrogen) atoms. The molecule has 2 N–H and O–H groups in total. The number of anilines is 2. The Morgan fingerprint density at radius 1 is 0.927 bits per heavy atom. The molecule has 0 unspecified atom stereocenters. The van der Waals surface area contributed by atoms with Crippen LogP contribution >= 0.6 is 0 Å². The molecule has 9 nitrogen and oxygen atoms in total. The van der Waals surface area contributed by atoms with Gasteiger partial charge in [-0.15, -0.1) is 0 Å². The Kier molecular flexibility index (Phi) is 7.30. The molecule has 3 aromatic carbocycles. The molecule has 3 aliphatic heterocycles. The van der Waals surface area contributed by atoms with E-state index in [0.717, 1.165) is 59.8 Å². The number of methoxy groups -OCH3 is 1. The molecule has 0 atom stereocenters. The summed E-state index contributed by atoms with van der Waals surface area (Å²) in [5.74, 6) is -0.548. The van der Waals surface area contributed by atoms with Gasteiger partial charge in [0.05, 0.1) is 36.2 Å². The van der Waals surface area contributed by atoms with E-state index >= 15 is 0 Å². The van der Waals surface area contributed by atoms with Crippen molar-refractivity contribution in [3.05, 3.63) is 94.5 Å². The van der Waals surface area contributed by atoms with Crippen molar-refractivity contribution in [2.45, 2.75) is 13.1 Å². The summed E-state index contributed by atoms with van der Waals surface area (Å²) in [5, 5.41) is 6.26. The fourth-order valence-corrected chi connectivity index (χ4v) is 5.81. The third-order valence-corrected chi connectivity index (χ3v) is 8.03. The van der Waals surface area contributed by atoms with Gasteiger partial charge < -0.3 is 25.2 Å². The lowest BCUT2D eigenvalue weighted by molar-refractivity contribution is -0.133. The number of nitrogens with zero attached hydrogens (tertiary/aromatic N) is 3. The molecule has 0 spiro atoms.